The van der Waals surface area contributed by atoms with Gasteiger partial charge in [-0.3, -0.25) is 9.10 Å². The molecule has 1 N–H and O–H groups in total. The average Bonchev–Trinajstić information content (AvgIpc) is 3.21. The molecule has 0 bridgehead atoms. The molecule has 2 aromatic carbocycles. The molecule has 1 heterocycles. The molecule has 0 radical (unpaired) electrons. The van der Waals surface area contributed by atoms with Crippen molar-refractivity contribution in [1.29, 1.82) is 0 Å². The van der Waals surface area contributed by atoms with Crippen LogP contribution in [0.2, 0.25) is 0 Å². The van der Waals surface area contributed by atoms with E-state index in [1.165, 1.54) is 11.4 Å². The maximum absolute atomic E-state index is 12.6. The Balaban J connectivity index is 1.63. The highest BCUT2D eigenvalue weighted by molar-refractivity contribution is 7.92. The van der Waals surface area contributed by atoms with Gasteiger partial charge in [-0.15, -0.1) is 0 Å². The quantitative estimate of drug-likeness (QED) is 0.679. The average molecular weight is 384 g/mol. The molecule has 0 fully saturated rings. The maximum Gasteiger partial charge on any atom is 0.264 e. The first-order chi connectivity index (χ1) is 13.0. The lowest BCUT2D eigenvalue weighted by atomic mass is 10.1. The Hall–Kier alpha value is -3.06. The number of amides is 1. The minimum Gasteiger partial charge on any atom is -0.467 e. The first kappa shape index (κ1) is 18.7. The summed E-state index contributed by atoms with van der Waals surface area (Å²) in [5, 5.41) is 2.78. The van der Waals surface area contributed by atoms with E-state index in [-0.39, 0.29) is 17.2 Å². The van der Waals surface area contributed by atoms with Crippen molar-refractivity contribution in [1.82, 2.24) is 5.32 Å². The predicted octanol–water partition coefficient (Wildman–Crippen LogP) is 2.96. The van der Waals surface area contributed by atoms with E-state index in [1.54, 1.807) is 73.0 Å². The third kappa shape index (κ3) is 4.57. The SMILES string of the molecule is CN(c1ccc(CC(=O)NCc2ccco2)cc1)S(=O)(=O)c1ccccc1. The van der Waals surface area contributed by atoms with Crippen molar-refractivity contribution in [3.05, 3.63) is 84.3 Å². The van der Waals surface area contributed by atoms with Gasteiger partial charge in [-0.05, 0) is 42.0 Å². The van der Waals surface area contributed by atoms with Crippen molar-refractivity contribution >= 4 is 21.6 Å². The molecular weight excluding hydrogens is 364 g/mol. The van der Waals surface area contributed by atoms with E-state index in [1.807, 2.05) is 0 Å². The van der Waals surface area contributed by atoms with Crippen LogP contribution < -0.4 is 9.62 Å². The van der Waals surface area contributed by atoms with Gasteiger partial charge in [0.05, 0.1) is 29.8 Å². The number of furan rings is 1. The van der Waals surface area contributed by atoms with Crippen LogP contribution in [0.4, 0.5) is 5.69 Å². The Morgan fingerprint density at radius 1 is 1.00 bits per heavy atom. The van der Waals surface area contributed by atoms with Crippen molar-refractivity contribution in [3.8, 4) is 0 Å². The fourth-order valence-corrected chi connectivity index (χ4v) is 3.78. The minimum absolute atomic E-state index is 0.135. The van der Waals surface area contributed by atoms with Gasteiger partial charge in [0.15, 0.2) is 0 Å². The van der Waals surface area contributed by atoms with Gasteiger partial charge in [0, 0.05) is 7.05 Å². The molecule has 3 aromatic rings. The molecule has 0 saturated carbocycles. The molecule has 0 aliphatic heterocycles. The summed E-state index contributed by atoms with van der Waals surface area (Å²) >= 11 is 0. The Morgan fingerprint density at radius 2 is 1.70 bits per heavy atom. The summed E-state index contributed by atoms with van der Waals surface area (Å²) in [6.45, 7) is 0.335. The van der Waals surface area contributed by atoms with Crippen LogP contribution in [-0.2, 0) is 27.8 Å². The molecule has 0 aliphatic rings. The van der Waals surface area contributed by atoms with Gasteiger partial charge in [-0.2, -0.15) is 0 Å². The van der Waals surface area contributed by atoms with E-state index >= 15 is 0 Å². The van der Waals surface area contributed by atoms with Crippen molar-refractivity contribution in [2.45, 2.75) is 17.9 Å². The van der Waals surface area contributed by atoms with E-state index in [0.717, 1.165) is 5.56 Å². The Labute approximate surface area is 158 Å². The minimum atomic E-state index is -3.62. The van der Waals surface area contributed by atoms with Crippen LogP contribution in [-0.4, -0.2) is 21.4 Å². The highest BCUT2D eigenvalue weighted by atomic mass is 32.2. The van der Waals surface area contributed by atoms with E-state index in [0.29, 0.717) is 18.0 Å². The fraction of sp³-hybridized carbons (Fsp3) is 0.150. The van der Waals surface area contributed by atoms with E-state index < -0.39 is 10.0 Å². The number of benzene rings is 2. The number of rotatable bonds is 7. The van der Waals surface area contributed by atoms with E-state index in [2.05, 4.69) is 5.32 Å². The highest BCUT2D eigenvalue weighted by Gasteiger charge is 2.20. The predicted molar refractivity (Wildman–Crippen MR) is 103 cm³/mol. The summed E-state index contributed by atoms with van der Waals surface area (Å²) in [4.78, 5) is 12.2. The van der Waals surface area contributed by atoms with Gasteiger partial charge >= 0.3 is 0 Å². The van der Waals surface area contributed by atoms with Crippen molar-refractivity contribution in [3.63, 3.8) is 0 Å². The van der Waals surface area contributed by atoms with Crippen molar-refractivity contribution in [2.24, 2.45) is 0 Å². The zero-order valence-electron chi connectivity index (χ0n) is 14.8. The summed E-state index contributed by atoms with van der Waals surface area (Å²) in [5.74, 6) is 0.552. The molecule has 3 rings (SSSR count). The second-order valence-electron chi connectivity index (χ2n) is 5.98. The normalized spacial score (nSPS) is 11.1. The van der Waals surface area contributed by atoms with E-state index in [4.69, 9.17) is 4.42 Å². The van der Waals surface area contributed by atoms with Gasteiger partial charge < -0.3 is 9.73 Å². The van der Waals surface area contributed by atoms with Crippen LogP contribution in [0, 0.1) is 0 Å². The number of nitrogens with zero attached hydrogens (tertiary/aromatic N) is 1. The molecule has 140 valence electrons. The summed E-state index contributed by atoms with van der Waals surface area (Å²) in [5.41, 5.74) is 1.32. The number of carbonyl (C=O) groups excluding carboxylic acids is 1. The van der Waals surface area contributed by atoms with Crippen LogP contribution in [0.15, 0.2) is 82.3 Å². The molecule has 1 amide bonds. The van der Waals surface area contributed by atoms with Crippen LogP contribution in [0.5, 0.6) is 0 Å². The molecule has 0 spiro atoms. The zero-order valence-corrected chi connectivity index (χ0v) is 15.6. The second-order valence-corrected chi connectivity index (χ2v) is 7.95. The lowest BCUT2D eigenvalue weighted by molar-refractivity contribution is -0.120. The van der Waals surface area contributed by atoms with Crippen LogP contribution in [0.25, 0.3) is 0 Å². The summed E-state index contributed by atoms with van der Waals surface area (Å²) < 4.78 is 31.7. The molecule has 0 unspecified atom stereocenters. The summed E-state index contributed by atoms with van der Waals surface area (Å²) in [6, 6.07) is 18.7. The molecule has 7 heteroatoms. The monoisotopic (exact) mass is 384 g/mol. The second kappa shape index (κ2) is 8.09. The van der Waals surface area contributed by atoms with Crippen LogP contribution in [0.3, 0.4) is 0 Å². The number of anilines is 1. The molecule has 0 aliphatic carbocycles. The molecule has 0 saturated heterocycles. The van der Waals surface area contributed by atoms with Gasteiger partial charge in [0.2, 0.25) is 5.91 Å². The summed E-state index contributed by atoms with van der Waals surface area (Å²) in [7, 11) is -2.11. The van der Waals surface area contributed by atoms with Crippen molar-refractivity contribution < 1.29 is 17.6 Å². The maximum atomic E-state index is 12.6. The molecule has 27 heavy (non-hydrogen) atoms. The van der Waals surface area contributed by atoms with Gasteiger partial charge in [0.1, 0.15) is 5.76 Å². The molecule has 0 atom stereocenters. The standard InChI is InChI=1S/C20H20N2O4S/c1-22(27(24,25)19-7-3-2-4-8-19)17-11-9-16(10-12-17)14-20(23)21-15-18-6-5-13-26-18/h2-13H,14-15H2,1H3,(H,21,23). The van der Waals surface area contributed by atoms with Gasteiger partial charge in [-0.25, -0.2) is 8.42 Å². The smallest absolute Gasteiger partial charge is 0.264 e. The van der Waals surface area contributed by atoms with Crippen molar-refractivity contribution in [2.75, 3.05) is 11.4 Å². The Bertz CT molecular complexity index is 982. The zero-order chi connectivity index (χ0) is 19.3. The van der Waals surface area contributed by atoms with Gasteiger partial charge in [-0.1, -0.05) is 30.3 Å². The Morgan fingerprint density at radius 3 is 2.33 bits per heavy atom. The Kier molecular flexibility index (Phi) is 5.61. The lowest BCUT2D eigenvalue weighted by Gasteiger charge is -2.19. The molecule has 1 aromatic heterocycles. The number of sulfonamides is 1. The topological polar surface area (TPSA) is 79.6 Å². The largest absolute Gasteiger partial charge is 0.467 e. The third-order valence-corrected chi connectivity index (χ3v) is 5.91. The first-order valence-corrected chi connectivity index (χ1v) is 9.83. The highest BCUT2D eigenvalue weighted by Crippen LogP contribution is 2.22. The molecular formula is C20H20N2O4S. The number of hydrogen-bond donors (Lipinski definition) is 1. The number of hydrogen-bond acceptors (Lipinski definition) is 4. The van der Waals surface area contributed by atoms with Crippen LogP contribution >= 0.6 is 0 Å². The molecule has 6 nitrogen and oxygen atoms in total. The summed E-state index contributed by atoms with van der Waals surface area (Å²) in [6.07, 6.45) is 1.76. The first-order valence-electron chi connectivity index (χ1n) is 8.39. The number of carbonyl (C=O) groups is 1. The lowest BCUT2D eigenvalue weighted by Crippen LogP contribution is -2.26. The number of nitrogens with one attached hydrogen (secondary N) is 1. The van der Waals surface area contributed by atoms with Gasteiger partial charge in [0.25, 0.3) is 10.0 Å². The fourth-order valence-electron chi connectivity index (χ4n) is 2.56. The van der Waals surface area contributed by atoms with Crippen LogP contribution in [0.1, 0.15) is 11.3 Å². The van der Waals surface area contributed by atoms with E-state index in [9.17, 15) is 13.2 Å². The third-order valence-electron chi connectivity index (χ3n) is 4.11.